The minimum Gasteiger partial charge on any atom is -0.480 e. The van der Waals surface area contributed by atoms with Crippen LogP contribution >= 0.6 is 0 Å². The van der Waals surface area contributed by atoms with Crippen molar-refractivity contribution in [3.05, 3.63) is 0 Å². The fraction of sp³-hybridized carbons (Fsp3) is 0.867. The van der Waals surface area contributed by atoms with Crippen LogP contribution in [0.1, 0.15) is 45.4 Å². The van der Waals surface area contributed by atoms with Crippen LogP contribution in [-0.2, 0) is 4.79 Å². The molecule has 0 aromatic rings. The Kier molecular flexibility index (Phi) is 5.85. The number of likely N-dealkylation sites (tertiary alicyclic amines) is 2. The topological polar surface area (TPSA) is 72.9 Å². The number of amides is 2. The summed E-state index contributed by atoms with van der Waals surface area (Å²) in [6.45, 7) is 5.88. The monoisotopic (exact) mass is 297 g/mol. The molecule has 2 aliphatic rings. The second kappa shape index (κ2) is 7.64. The van der Waals surface area contributed by atoms with E-state index in [1.807, 2.05) is 0 Å². The van der Waals surface area contributed by atoms with Gasteiger partial charge in [-0.3, -0.25) is 0 Å². The number of carbonyl (C=O) groups is 2. The molecule has 2 aliphatic heterocycles. The van der Waals surface area contributed by atoms with Crippen molar-refractivity contribution in [2.45, 2.75) is 57.5 Å². The molecule has 2 heterocycles. The lowest BCUT2D eigenvalue weighted by Crippen LogP contribution is -2.55. The highest BCUT2D eigenvalue weighted by Gasteiger charge is 2.33. The number of carboxylic acid groups (broad SMARTS) is 1. The summed E-state index contributed by atoms with van der Waals surface area (Å²) < 4.78 is 0. The van der Waals surface area contributed by atoms with Crippen molar-refractivity contribution < 1.29 is 14.7 Å². The van der Waals surface area contributed by atoms with Crippen molar-refractivity contribution in [1.29, 1.82) is 0 Å². The molecule has 0 bridgehead atoms. The Labute approximate surface area is 126 Å². The van der Waals surface area contributed by atoms with E-state index in [9.17, 15) is 14.7 Å². The Morgan fingerprint density at radius 3 is 2.48 bits per heavy atom. The van der Waals surface area contributed by atoms with Gasteiger partial charge >= 0.3 is 12.0 Å². The van der Waals surface area contributed by atoms with Crippen LogP contribution < -0.4 is 5.32 Å². The van der Waals surface area contributed by atoms with Crippen molar-refractivity contribution in [2.75, 3.05) is 26.2 Å². The largest absolute Gasteiger partial charge is 0.480 e. The van der Waals surface area contributed by atoms with E-state index < -0.39 is 12.0 Å². The Morgan fingerprint density at radius 2 is 1.86 bits per heavy atom. The van der Waals surface area contributed by atoms with E-state index in [0.717, 1.165) is 51.7 Å². The molecule has 2 rings (SSSR count). The third-order valence-electron chi connectivity index (χ3n) is 4.50. The first-order valence-corrected chi connectivity index (χ1v) is 8.14. The van der Waals surface area contributed by atoms with E-state index >= 15 is 0 Å². The normalized spacial score (nSPS) is 24.8. The molecule has 0 aromatic heterocycles. The molecule has 21 heavy (non-hydrogen) atoms. The standard InChI is InChI=1S/C15H27N3O3/c1-2-8-17-10-6-12(7-11-17)16-15(21)18-9-4-3-5-13(18)14(19)20/h12-13H,2-11H2,1H3,(H,16,21)(H,19,20). The van der Waals surface area contributed by atoms with Gasteiger partial charge in [-0.2, -0.15) is 0 Å². The van der Waals surface area contributed by atoms with Crippen LogP contribution in [0.3, 0.4) is 0 Å². The van der Waals surface area contributed by atoms with Gasteiger partial charge in [0.1, 0.15) is 6.04 Å². The predicted octanol–water partition coefficient (Wildman–Crippen LogP) is 1.51. The molecule has 0 radical (unpaired) electrons. The predicted molar refractivity (Wildman–Crippen MR) is 80.3 cm³/mol. The van der Waals surface area contributed by atoms with Crippen LogP contribution in [0.2, 0.25) is 0 Å². The summed E-state index contributed by atoms with van der Waals surface area (Å²) in [5.41, 5.74) is 0. The minimum absolute atomic E-state index is 0.182. The third kappa shape index (κ3) is 4.33. The van der Waals surface area contributed by atoms with Gasteiger partial charge in [-0.05, 0) is 45.1 Å². The Bertz CT molecular complexity index is 367. The fourth-order valence-electron chi connectivity index (χ4n) is 3.31. The SMILES string of the molecule is CCCN1CCC(NC(=O)N2CCCCC2C(=O)O)CC1. The number of carboxylic acids is 1. The zero-order chi connectivity index (χ0) is 15.2. The van der Waals surface area contributed by atoms with Gasteiger partial charge in [0.25, 0.3) is 0 Å². The zero-order valence-corrected chi connectivity index (χ0v) is 12.9. The van der Waals surface area contributed by atoms with Crippen LogP contribution in [0, 0.1) is 0 Å². The molecule has 2 fully saturated rings. The smallest absolute Gasteiger partial charge is 0.326 e. The number of hydrogen-bond donors (Lipinski definition) is 2. The molecular weight excluding hydrogens is 270 g/mol. The molecule has 120 valence electrons. The maximum Gasteiger partial charge on any atom is 0.326 e. The van der Waals surface area contributed by atoms with Crippen LogP contribution in [0.25, 0.3) is 0 Å². The summed E-state index contributed by atoms with van der Waals surface area (Å²) in [7, 11) is 0. The number of aliphatic carboxylic acids is 1. The first kappa shape index (κ1) is 16.1. The van der Waals surface area contributed by atoms with Gasteiger partial charge in [-0.25, -0.2) is 9.59 Å². The van der Waals surface area contributed by atoms with Crippen LogP contribution in [-0.4, -0.2) is 65.2 Å². The Morgan fingerprint density at radius 1 is 1.14 bits per heavy atom. The molecule has 0 spiro atoms. The van der Waals surface area contributed by atoms with Crippen LogP contribution in [0.4, 0.5) is 4.79 Å². The summed E-state index contributed by atoms with van der Waals surface area (Å²) in [5.74, 6) is -0.886. The minimum atomic E-state index is -0.886. The third-order valence-corrected chi connectivity index (χ3v) is 4.50. The first-order valence-electron chi connectivity index (χ1n) is 8.14. The number of piperidine rings is 2. The maximum atomic E-state index is 12.3. The lowest BCUT2D eigenvalue weighted by molar-refractivity contribution is -0.143. The number of nitrogens with one attached hydrogen (secondary N) is 1. The highest BCUT2D eigenvalue weighted by atomic mass is 16.4. The van der Waals surface area contributed by atoms with E-state index in [4.69, 9.17) is 0 Å². The number of rotatable bonds is 4. The van der Waals surface area contributed by atoms with Crippen molar-refractivity contribution in [3.8, 4) is 0 Å². The molecule has 2 amide bonds. The van der Waals surface area contributed by atoms with E-state index in [2.05, 4.69) is 17.1 Å². The average molecular weight is 297 g/mol. The van der Waals surface area contributed by atoms with Crippen LogP contribution in [0.15, 0.2) is 0 Å². The van der Waals surface area contributed by atoms with E-state index in [0.29, 0.717) is 13.0 Å². The summed E-state index contributed by atoms with van der Waals surface area (Å²) in [4.78, 5) is 27.5. The van der Waals surface area contributed by atoms with Crippen molar-refractivity contribution >= 4 is 12.0 Å². The summed E-state index contributed by atoms with van der Waals surface area (Å²) in [6.07, 6.45) is 5.42. The van der Waals surface area contributed by atoms with Crippen molar-refractivity contribution in [2.24, 2.45) is 0 Å². The van der Waals surface area contributed by atoms with Gasteiger partial charge in [0.15, 0.2) is 0 Å². The summed E-state index contributed by atoms with van der Waals surface area (Å²) in [6, 6.07) is -0.669. The molecular formula is C15H27N3O3. The Balaban J connectivity index is 1.82. The molecule has 0 aromatic carbocycles. The van der Waals surface area contributed by atoms with E-state index in [1.54, 1.807) is 0 Å². The molecule has 6 nitrogen and oxygen atoms in total. The van der Waals surface area contributed by atoms with Crippen molar-refractivity contribution in [1.82, 2.24) is 15.1 Å². The summed E-state index contributed by atoms with van der Waals surface area (Å²) in [5, 5.41) is 12.3. The molecule has 0 aliphatic carbocycles. The van der Waals surface area contributed by atoms with Gasteiger partial charge in [0, 0.05) is 25.7 Å². The second-order valence-electron chi connectivity index (χ2n) is 6.11. The maximum absolute atomic E-state index is 12.3. The highest BCUT2D eigenvalue weighted by Crippen LogP contribution is 2.18. The van der Waals surface area contributed by atoms with Crippen LogP contribution in [0.5, 0.6) is 0 Å². The number of nitrogens with zero attached hydrogens (tertiary/aromatic N) is 2. The highest BCUT2D eigenvalue weighted by molar-refractivity contribution is 5.83. The van der Waals surface area contributed by atoms with E-state index in [-0.39, 0.29) is 12.1 Å². The van der Waals surface area contributed by atoms with Gasteiger partial charge in [0.05, 0.1) is 0 Å². The molecule has 1 unspecified atom stereocenters. The molecule has 2 saturated heterocycles. The molecule has 2 N–H and O–H groups in total. The number of carbonyl (C=O) groups excluding carboxylic acids is 1. The molecule has 1 atom stereocenters. The number of hydrogen-bond acceptors (Lipinski definition) is 3. The van der Waals surface area contributed by atoms with Gasteiger partial charge in [-0.1, -0.05) is 6.92 Å². The second-order valence-corrected chi connectivity index (χ2v) is 6.11. The summed E-state index contributed by atoms with van der Waals surface area (Å²) >= 11 is 0. The first-order chi connectivity index (χ1) is 10.1. The number of urea groups is 1. The zero-order valence-electron chi connectivity index (χ0n) is 12.9. The lowest BCUT2D eigenvalue weighted by Gasteiger charge is -2.36. The fourth-order valence-corrected chi connectivity index (χ4v) is 3.31. The van der Waals surface area contributed by atoms with Gasteiger partial charge < -0.3 is 20.2 Å². The van der Waals surface area contributed by atoms with Gasteiger partial charge in [0.2, 0.25) is 0 Å². The average Bonchev–Trinajstić information content (AvgIpc) is 2.49. The molecule has 0 saturated carbocycles. The quantitative estimate of drug-likeness (QED) is 0.825. The lowest BCUT2D eigenvalue weighted by atomic mass is 10.0. The van der Waals surface area contributed by atoms with Crippen molar-refractivity contribution in [3.63, 3.8) is 0 Å². The Hall–Kier alpha value is -1.30. The molecule has 6 heteroatoms. The van der Waals surface area contributed by atoms with E-state index in [1.165, 1.54) is 4.90 Å². The van der Waals surface area contributed by atoms with Gasteiger partial charge in [-0.15, -0.1) is 0 Å².